The molecular weight excluding hydrogens is 191 g/mol. The lowest BCUT2D eigenvalue weighted by atomic mass is 10.4. The average Bonchev–Trinajstić information content (AvgIpc) is 2.04. The van der Waals surface area contributed by atoms with E-state index in [0.717, 1.165) is 26.2 Å². The van der Waals surface area contributed by atoms with Crippen molar-refractivity contribution in [1.29, 1.82) is 0 Å². The lowest BCUT2D eigenvalue weighted by Crippen LogP contribution is -2.43. The molecule has 0 radical (unpaired) electrons. The Bertz CT molecular complexity index is 194. The minimum Gasteiger partial charge on any atom is -0.323 e. The van der Waals surface area contributed by atoms with Gasteiger partial charge in [-0.3, -0.25) is 9.46 Å². The molecule has 1 saturated heterocycles. The fourth-order valence-corrected chi connectivity index (χ4v) is 2.62. The van der Waals surface area contributed by atoms with Crippen LogP contribution in [-0.4, -0.2) is 48.9 Å². The van der Waals surface area contributed by atoms with Crippen LogP contribution >= 0.6 is 7.60 Å². The van der Waals surface area contributed by atoms with Gasteiger partial charge in [0.05, 0.1) is 6.61 Å². The van der Waals surface area contributed by atoms with Gasteiger partial charge in [-0.1, -0.05) is 0 Å². The van der Waals surface area contributed by atoms with Crippen LogP contribution in [0.2, 0.25) is 0 Å². The average molecular weight is 208 g/mol. The highest BCUT2D eigenvalue weighted by atomic mass is 31.2. The largest absolute Gasteiger partial charge is 0.341 e. The minimum atomic E-state index is -3.36. The Balaban J connectivity index is 2.32. The molecule has 1 atom stereocenters. The summed E-state index contributed by atoms with van der Waals surface area (Å²) in [5.74, 6) is 0. The molecule has 0 aromatic rings. The van der Waals surface area contributed by atoms with Crippen LogP contribution in [0.3, 0.4) is 0 Å². The van der Waals surface area contributed by atoms with Gasteiger partial charge in [0.15, 0.2) is 0 Å². The Morgan fingerprint density at radius 1 is 1.54 bits per heavy atom. The number of hydrogen-bond donors (Lipinski definition) is 2. The predicted octanol–water partition coefficient (Wildman–Crippen LogP) is 0.0710. The van der Waals surface area contributed by atoms with Gasteiger partial charge in [0.2, 0.25) is 0 Å². The molecule has 0 aromatic heterocycles. The van der Waals surface area contributed by atoms with E-state index in [-0.39, 0.29) is 6.29 Å². The van der Waals surface area contributed by atoms with Crippen LogP contribution in [0.25, 0.3) is 0 Å². The van der Waals surface area contributed by atoms with Crippen LogP contribution in [0, 0.1) is 0 Å². The fourth-order valence-electron chi connectivity index (χ4n) is 1.35. The molecule has 0 amide bonds. The Morgan fingerprint density at radius 3 is 2.69 bits per heavy atom. The first-order valence-electron chi connectivity index (χ1n) is 4.53. The van der Waals surface area contributed by atoms with E-state index in [1.165, 1.54) is 0 Å². The highest BCUT2D eigenvalue weighted by molar-refractivity contribution is 7.52. The van der Waals surface area contributed by atoms with Gasteiger partial charge in [0.1, 0.15) is 6.29 Å². The molecule has 0 spiro atoms. The summed E-state index contributed by atoms with van der Waals surface area (Å²) in [6, 6.07) is 0. The number of piperazine rings is 1. The van der Waals surface area contributed by atoms with Gasteiger partial charge in [-0.25, -0.2) is 0 Å². The number of nitrogens with one attached hydrogen (secondary N) is 1. The van der Waals surface area contributed by atoms with Crippen LogP contribution in [0.1, 0.15) is 6.92 Å². The Hall–Kier alpha value is 0.0700. The quantitative estimate of drug-likeness (QED) is 0.640. The van der Waals surface area contributed by atoms with E-state index in [2.05, 4.69) is 5.32 Å². The molecule has 1 heterocycles. The van der Waals surface area contributed by atoms with Gasteiger partial charge in [-0.05, 0) is 6.92 Å². The van der Waals surface area contributed by atoms with Crippen LogP contribution in [0.4, 0.5) is 0 Å². The fraction of sp³-hybridized carbons (Fsp3) is 1.00. The van der Waals surface area contributed by atoms with E-state index in [9.17, 15) is 9.46 Å². The molecule has 6 heteroatoms. The maximum atomic E-state index is 11.4. The zero-order valence-electron chi connectivity index (χ0n) is 7.90. The number of hydrogen-bond acceptors (Lipinski definition) is 4. The SMILES string of the molecule is CCOP(=O)(O)CN1CCNCC1. The minimum absolute atomic E-state index is 0.155. The van der Waals surface area contributed by atoms with Crippen molar-refractivity contribution in [2.24, 2.45) is 0 Å². The molecule has 0 bridgehead atoms. The summed E-state index contributed by atoms with van der Waals surface area (Å²) in [5, 5.41) is 3.18. The summed E-state index contributed by atoms with van der Waals surface area (Å²) in [5.41, 5.74) is 0. The molecule has 1 aliphatic heterocycles. The monoisotopic (exact) mass is 208 g/mol. The smallest absolute Gasteiger partial charge is 0.323 e. The second-order valence-corrected chi connectivity index (χ2v) is 4.88. The third-order valence-corrected chi connectivity index (χ3v) is 3.34. The van der Waals surface area contributed by atoms with Gasteiger partial charge in [-0.15, -0.1) is 0 Å². The number of nitrogens with zero attached hydrogens (tertiary/aromatic N) is 1. The Morgan fingerprint density at radius 2 is 2.15 bits per heavy atom. The summed E-state index contributed by atoms with van der Waals surface area (Å²) in [6.45, 7) is 5.41. The highest BCUT2D eigenvalue weighted by Crippen LogP contribution is 2.42. The summed E-state index contributed by atoms with van der Waals surface area (Å²) < 4.78 is 16.1. The molecule has 2 N–H and O–H groups in total. The van der Waals surface area contributed by atoms with Gasteiger partial charge in [-0.2, -0.15) is 0 Å². The van der Waals surface area contributed by atoms with E-state index in [4.69, 9.17) is 4.52 Å². The van der Waals surface area contributed by atoms with E-state index < -0.39 is 7.60 Å². The van der Waals surface area contributed by atoms with Crippen molar-refractivity contribution in [3.05, 3.63) is 0 Å². The maximum Gasteiger partial charge on any atom is 0.341 e. The molecule has 5 nitrogen and oxygen atoms in total. The van der Waals surface area contributed by atoms with Crippen molar-refractivity contribution >= 4 is 7.60 Å². The lowest BCUT2D eigenvalue weighted by Gasteiger charge is -2.28. The van der Waals surface area contributed by atoms with Crippen molar-refractivity contribution < 1.29 is 14.0 Å². The molecule has 0 saturated carbocycles. The zero-order valence-corrected chi connectivity index (χ0v) is 8.80. The van der Waals surface area contributed by atoms with Crippen LogP contribution in [-0.2, 0) is 9.09 Å². The number of rotatable bonds is 4. The van der Waals surface area contributed by atoms with Crippen LogP contribution < -0.4 is 5.32 Å². The predicted molar refractivity (Wildman–Crippen MR) is 50.8 cm³/mol. The lowest BCUT2D eigenvalue weighted by molar-refractivity contribution is 0.221. The summed E-state index contributed by atoms with van der Waals surface area (Å²) >= 11 is 0. The molecule has 1 fully saturated rings. The van der Waals surface area contributed by atoms with E-state index in [0.29, 0.717) is 6.61 Å². The first kappa shape index (κ1) is 11.1. The zero-order chi connectivity index (χ0) is 9.73. The van der Waals surface area contributed by atoms with Crippen LogP contribution in [0.15, 0.2) is 0 Å². The first-order chi connectivity index (χ1) is 6.14. The molecule has 78 valence electrons. The summed E-state index contributed by atoms with van der Waals surface area (Å²) in [4.78, 5) is 11.3. The van der Waals surface area contributed by atoms with Gasteiger partial charge >= 0.3 is 7.60 Å². The van der Waals surface area contributed by atoms with Gasteiger partial charge in [0, 0.05) is 26.2 Å². The third-order valence-electron chi connectivity index (χ3n) is 1.92. The first-order valence-corrected chi connectivity index (χ1v) is 6.30. The van der Waals surface area contributed by atoms with Crippen molar-refractivity contribution in [3.8, 4) is 0 Å². The maximum absolute atomic E-state index is 11.4. The topological polar surface area (TPSA) is 61.8 Å². The normalized spacial score (nSPS) is 24.2. The summed E-state index contributed by atoms with van der Waals surface area (Å²) in [7, 11) is -3.36. The molecule has 1 aliphatic rings. The van der Waals surface area contributed by atoms with Crippen molar-refractivity contribution in [1.82, 2.24) is 10.2 Å². The van der Waals surface area contributed by atoms with E-state index >= 15 is 0 Å². The molecular formula is C7H17N2O3P. The molecule has 0 aromatic carbocycles. The van der Waals surface area contributed by atoms with E-state index in [1.54, 1.807) is 6.92 Å². The summed E-state index contributed by atoms with van der Waals surface area (Å²) in [6.07, 6.45) is 0.155. The van der Waals surface area contributed by atoms with Crippen LogP contribution in [0.5, 0.6) is 0 Å². The van der Waals surface area contributed by atoms with Gasteiger partial charge in [0.25, 0.3) is 0 Å². The molecule has 13 heavy (non-hydrogen) atoms. The second kappa shape index (κ2) is 5.08. The Kier molecular flexibility index (Phi) is 4.35. The standard InChI is InChI=1S/C7H17N2O3P/c1-2-12-13(10,11)7-9-5-3-8-4-6-9/h8H,2-7H2,1H3,(H,10,11). The van der Waals surface area contributed by atoms with E-state index in [1.807, 2.05) is 4.90 Å². The molecule has 1 unspecified atom stereocenters. The third kappa shape index (κ3) is 4.20. The molecule has 0 aliphatic carbocycles. The van der Waals surface area contributed by atoms with Crippen molar-refractivity contribution in [2.45, 2.75) is 6.92 Å². The van der Waals surface area contributed by atoms with Crippen molar-refractivity contribution in [3.63, 3.8) is 0 Å². The van der Waals surface area contributed by atoms with Crippen molar-refractivity contribution in [2.75, 3.05) is 39.1 Å². The van der Waals surface area contributed by atoms with Gasteiger partial charge < -0.3 is 14.7 Å². The molecule has 1 rings (SSSR count). The Labute approximate surface area is 78.6 Å². The second-order valence-electron chi connectivity index (χ2n) is 3.06. The highest BCUT2D eigenvalue weighted by Gasteiger charge is 2.23.